The van der Waals surface area contributed by atoms with Crippen molar-refractivity contribution < 1.29 is 29.3 Å². The highest BCUT2D eigenvalue weighted by atomic mass is 16.5. The first kappa shape index (κ1) is 24.8. The number of nitrogens with one attached hydrogen (secondary N) is 3. The highest BCUT2D eigenvalue weighted by molar-refractivity contribution is 5.85. The molecule has 0 fully saturated rings. The Kier molecular flexibility index (Phi) is 10.8. The number of carbonyl (C=O) groups is 3. The smallest absolute Gasteiger partial charge is 0.328 e. The molecule has 166 valence electrons. The predicted molar refractivity (Wildman–Crippen MR) is 107 cm³/mol. The number of hydrogen-bond donors (Lipinski definition) is 3. The lowest BCUT2D eigenvalue weighted by Crippen LogP contribution is -2.41. The minimum atomic E-state index is -0.858. The van der Waals surface area contributed by atoms with E-state index in [1.165, 1.54) is 20.5 Å². The molecule has 1 amide bonds. The number of imidazole rings is 1. The van der Waals surface area contributed by atoms with E-state index in [-0.39, 0.29) is 30.6 Å². The van der Waals surface area contributed by atoms with E-state index in [0.29, 0.717) is 24.4 Å². The number of H-pyrrole nitrogens is 1. The van der Waals surface area contributed by atoms with Gasteiger partial charge in [-0.1, -0.05) is 6.42 Å². The topological polar surface area (TPSA) is 180 Å². The van der Waals surface area contributed by atoms with Gasteiger partial charge in [-0.2, -0.15) is 0 Å². The van der Waals surface area contributed by atoms with Crippen molar-refractivity contribution in [3.63, 3.8) is 0 Å². The highest BCUT2D eigenvalue weighted by Crippen LogP contribution is 2.14. The molecule has 0 aliphatic rings. The number of carbonyl (C=O) groups excluding carboxylic acids is 3. The lowest BCUT2D eigenvalue weighted by atomic mass is 10.1. The Morgan fingerprint density at radius 1 is 1.07 bits per heavy atom. The van der Waals surface area contributed by atoms with E-state index in [1.807, 2.05) is 0 Å². The molecule has 5 N–H and O–H groups in total. The fourth-order valence-corrected chi connectivity index (χ4v) is 2.72. The highest BCUT2D eigenvalue weighted by Gasteiger charge is 2.22. The Labute approximate surface area is 173 Å². The molecule has 0 aliphatic heterocycles. The average Bonchev–Trinajstić information content (AvgIpc) is 3.22. The second-order valence-corrected chi connectivity index (χ2v) is 6.32. The maximum Gasteiger partial charge on any atom is 0.328 e. The Hall–Kier alpha value is -3.28. The van der Waals surface area contributed by atoms with Crippen LogP contribution < -0.4 is 10.6 Å². The zero-order chi connectivity index (χ0) is 21.1. The van der Waals surface area contributed by atoms with Gasteiger partial charge in [-0.25, -0.2) is 19.7 Å². The maximum absolute atomic E-state index is 12.1. The van der Waals surface area contributed by atoms with Crippen LogP contribution in [0.2, 0.25) is 0 Å². The van der Waals surface area contributed by atoms with Crippen molar-refractivity contribution in [1.29, 1.82) is 0 Å². The van der Waals surface area contributed by atoms with Gasteiger partial charge in [-0.15, -0.1) is 0 Å². The number of fused-ring (bicyclic) bond motifs is 1. The van der Waals surface area contributed by atoms with Crippen molar-refractivity contribution in [1.82, 2.24) is 25.3 Å². The van der Waals surface area contributed by atoms with Crippen LogP contribution in [0.25, 0.3) is 11.2 Å². The zero-order valence-electron chi connectivity index (χ0n) is 17.1. The van der Waals surface area contributed by atoms with Crippen LogP contribution in [0.4, 0.5) is 5.82 Å². The molecule has 1 atom stereocenters. The van der Waals surface area contributed by atoms with E-state index in [1.54, 1.807) is 6.33 Å². The molecule has 0 spiro atoms. The minimum absolute atomic E-state index is 0. The van der Waals surface area contributed by atoms with Gasteiger partial charge >= 0.3 is 11.9 Å². The Balaban J connectivity index is 0.00000450. The Bertz CT molecular complexity index is 826. The molecule has 0 radical (unpaired) electrons. The lowest BCUT2D eigenvalue weighted by Gasteiger charge is -2.16. The van der Waals surface area contributed by atoms with E-state index in [0.717, 1.165) is 18.4 Å². The normalized spacial score (nSPS) is 11.3. The third-order valence-electron chi connectivity index (χ3n) is 4.28. The molecule has 2 heterocycles. The number of ether oxygens (including phenoxy) is 2. The molecule has 2 aromatic heterocycles. The van der Waals surface area contributed by atoms with Crippen molar-refractivity contribution in [3.05, 3.63) is 12.7 Å². The number of aromatic amines is 1. The third kappa shape index (κ3) is 7.62. The van der Waals surface area contributed by atoms with Crippen LogP contribution in [0.3, 0.4) is 0 Å². The number of esters is 2. The number of anilines is 1. The molecule has 0 aliphatic carbocycles. The molecular weight excluding hydrogens is 396 g/mol. The summed E-state index contributed by atoms with van der Waals surface area (Å²) in [5.74, 6) is -0.594. The van der Waals surface area contributed by atoms with Crippen molar-refractivity contribution in [3.8, 4) is 0 Å². The first-order valence-corrected chi connectivity index (χ1v) is 9.37. The van der Waals surface area contributed by atoms with Gasteiger partial charge in [-0.3, -0.25) is 9.59 Å². The van der Waals surface area contributed by atoms with E-state index >= 15 is 0 Å². The number of nitrogens with zero attached hydrogens (tertiary/aromatic N) is 3. The fourth-order valence-electron chi connectivity index (χ4n) is 2.72. The quantitative estimate of drug-likeness (QED) is 0.315. The number of rotatable bonds is 12. The summed E-state index contributed by atoms with van der Waals surface area (Å²) in [4.78, 5) is 50.4. The second kappa shape index (κ2) is 13.0. The summed E-state index contributed by atoms with van der Waals surface area (Å²) in [5.41, 5.74) is 1.36. The van der Waals surface area contributed by atoms with Gasteiger partial charge in [0.15, 0.2) is 11.5 Å². The van der Waals surface area contributed by atoms with Crippen LogP contribution in [0.1, 0.15) is 38.5 Å². The number of unbranched alkanes of at least 4 members (excludes halogenated alkanes) is 2. The Morgan fingerprint density at radius 2 is 1.87 bits per heavy atom. The van der Waals surface area contributed by atoms with Crippen LogP contribution >= 0.6 is 0 Å². The van der Waals surface area contributed by atoms with Crippen molar-refractivity contribution >= 4 is 34.8 Å². The van der Waals surface area contributed by atoms with Crippen LogP contribution in [0.5, 0.6) is 0 Å². The molecule has 30 heavy (non-hydrogen) atoms. The predicted octanol–water partition coefficient (Wildman–Crippen LogP) is 0.112. The minimum Gasteiger partial charge on any atom is -0.469 e. The van der Waals surface area contributed by atoms with E-state index in [4.69, 9.17) is 0 Å². The number of amides is 1. The van der Waals surface area contributed by atoms with E-state index < -0.39 is 18.0 Å². The van der Waals surface area contributed by atoms with Crippen molar-refractivity contribution in [2.75, 3.05) is 26.1 Å². The zero-order valence-corrected chi connectivity index (χ0v) is 17.1. The van der Waals surface area contributed by atoms with Gasteiger partial charge < -0.3 is 30.6 Å². The molecule has 0 unspecified atom stereocenters. The third-order valence-corrected chi connectivity index (χ3v) is 4.28. The standard InChI is InChI=1S/C18H26N6O5.H2O/c1-28-14(26)8-7-12(18(27)29-2)24-13(25)6-4-3-5-9-19-16-15-17(21-10-20-15)23-11-22-16;/h10-12H,3-9H2,1-2H3,(H,24,25)(H2,19,20,21,22,23);1H2/t12-;/m0./s1. The van der Waals surface area contributed by atoms with Gasteiger partial charge in [0.05, 0.1) is 20.5 Å². The van der Waals surface area contributed by atoms with Crippen LogP contribution in [-0.4, -0.2) is 70.1 Å². The van der Waals surface area contributed by atoms with E-state index in [9.17, 15) is 14.4 Å². The maximum atomic E-state index is 12.1. The van der Waals surface area contributed by atoms with Crippen molar-refractivity contribution in [2.24, 2.45) is 0 Å². The van der Waals surface area contributed by atoms with Crippen LogP contribution in [0, 0.1) is 0 Å². The van der Waals surface area contributed by atoms with Gasteiger partial charge in [0, 0.05) is 19.4 Å². The fraction of sp³-hybridized carbons (Fsp3) is 0.556. The van der Waals surface area contributed by atoms with Gasteiger partial charge in [0.1, 0.15) is 17.9 Å². The molecule has 12 heteroatoms. The molecule has 0 aromatic carbocycles. The van der Waals surface area contributed by atoms with Crippen LogP contribution in [-0.2, 0) is 23.9 Å². The molecule has 2 rings (SSSR count). The summed E-state index contributed by atoms with van der Waals surface area (Å²) < 4.78 is 9.22. The van der Waals surface area contributed by atoms with Gasteiger partial charge in [-0.05, 0) is 19.3 Å². The SMILES string of the molecule is COC(=O)CC[C@H](NC(=O)CCCCCNc1ncnc2nc[nH]c12)C(=O)OC.O. The van der Waals surface area contributed by atoms with Crippen LogP contribution in [0.15, 0.2) is 12.7 Å². The van der Waals surface area contributed by atoms with E-state index in [2.05, 4.69) is 40.0 Å². The average molecular weight is 424 g/mol. The number of methoxy groups -OCH3 is 2. The first-order valence-electron chi connectivity index (χ1n) is 9.37. The Morgan fingerprint density at radius 3 is 2.60 bits per heavy atom. The number of aromatic nitrogens is 4. The number of hydrogen-bond acceptors (Lipinski definition) is 9. The molecule has 0 bridgehead atoms. The lowest BCUT2D eigenvalue weighted by molar-refractivity contribution is -0.146. The summed E-state index contributed by atoms with van der Waals surface area (Å²) in [6.07, 6.45) is 5.79. The molecule has 12 nitrogen and oxygen atoms in total. The van der Waals surface area contributed by atoms with Gasteiger partial charge in [0.2, 0.25) is 5.91 Å². The summed E-state index contributed by atoms with van der Waals surface area (Å²) in [5, 5.41) is 5.84. The van der Waals surface area contributed by atoms with Gasteiger partial charge in [0.25, 0.3) is 0 Å². The summed E-state index contributed by atoms with van der Waals surface area (Å²) in [6, 6.07) is -0.858. The largest absolute Gasteiger partial charge is 0.469 e. The summed E-state index contributed by atoms with van der Waals surface area (Å²) in [6.45, 7) is 0.691. The second-order valence-electron chi connectivity index (χ2n) is 6.32. The molecule has 2 aromatic rings. The first-order chi connectivity index (χ1) is 14.0. The molecule has 0 saturated carbocycles. The summed E-state index contributed by atoms with van der Waals surface area (Å²) in [7, 11) is 2.51. The molecular formula is C18H28N6O6. The summed E-state index contributed by atoms with van der Waals surface area (Å²) >= 11 is 0. The van der Waals surface area contributed by atoms with Crippen molar-refractivity contribution in [2.45, 2.75) is 44.6 Å². The monoisotopic (exact) mass is 424 g/mol. The molecule has 0 saturated heterocycles.